The Balaban J connectivity index is 2.10. The van der Waals surface area contributed by atoms with Crippen LogP contribution >= 0.6 is 27.5 Å². The number of esters is 1. The van der Waals surface area contributed by atoms with Gasteiger partial charge in [0, 0.05) is 16.3 Å². The van der Waals surface area contributed by atoms with E-state index in [2.05, 4.69) is 15.9 Å². The molecule has 8 heteroatoms. The maximum atomic E-state index is 12.0. The lowest BCUT2D eigenvalue weighted by atomic mass is 10.1. The summed E-state index contributed by atoms with van der Waals surface area (Å²) in [6.45, 7) is -0.447. The van der Waals surface area contributed by atoms with E-state index >= 15 is 0 Å². The Labute approximate surface area is 152 Å². The molecule has 0 fully saturated rings. The fraction of sp³-hybridized carbons (Fsp3) is 0.125. The second-order valence-electron chi connectivity index (χ2n) is 4.92. The number of ketones is 1. The van der Waals surface area contributed by atoms with Crippen molar-refractivity contribution < 1.29 is 22.7 Å². The third kappa shape index (κ3) is 4.66. The number of hydrogen-bond donors (Lipinski definition) is 0. The standard InChI is InChI=1S/C16H12BrClO5S/c1-24(21,22)15-8-11(4-7-13(15)18)16(20)23-9-14(19)10-2-5-12(17)6-3-10/h2-8H,9H2,1H3. The average Bonchev–Trinajstić information content (AvgIpc) is 2.52. The molecule has 0 radical (unpaired) electrons. The van der Waals surface area contributed by atoms with Crippen molar-refractivity contribution in [2.24, 2.45) is 0 Å². The summed E-state index contributed by atoms with van der Waals surface area (Å²) in [7, 11) is -3.58. The van der Waals surface area contributed by atoms with E-state index in [9.17, 15) is 18.0 Å². The predicted molar refractivity (Wildman–Crippen MR) is 93.3 cm³/mol. The van der Waals surface area contributed by atoms with E-state index in [1.54, 1.807) is 24.3 Å². The molecule has 0 aliphatic rings. The molecule has 0 aliphatic carbocycles. The van der Waals surface area contributed by atoms with E-state index in [-0.39, 0.29) is 21.3 Å². The molecule has 2 aromatic carbocycles. The SMILES string of the molecule is CS(=O)(=O)c1cc(C(=O)OCC(=O)c2ccc(Br)cc2)ccc1Cl. The molecule has 0 unspecified atom stereocenters. The van der Waals surface area contributed by atoms with Crippen LogP contribution in [0.5, 0.6) is 0 Å². The third-order valence-electron chi connectivity index (χ3n) is 3.07. The molecule has 0 bridgehead atoms. The highest BCUT2D eigenvalue weighted by atomic mass is 79.9. The molecule has 126 valence electrons. The summed E-state index contributed by atoms with van der Waals surface area (Å²) in [6.07, 6.45) is 0.986. The Morgan fingerprint density at radius 3 is 2.25 bits per heavy atom. The van der Waals surface area contributed by atoms with E-state index in [0.29, 0.717) is 5.56 Å². The van der Waals surface area contributed by atoms with Gasteiger partial charge < -0.3 is 4.74 Å². The summed E-state index contributed by atoms with van der Waals surface area (Å²) in [4.78, 5) is 23.8. The van der Waals surface area contributed by atoms with Crippen LogP contribution in [0.15, 0.2) is 51.8 Å². The van der Waals surface area contributed by atoms with Gasteiger partial charge in [-0.2, -0.15) is 0 Å². The van der Waals surface area contributed by atoms with Gasteiger partial charge in [0.15, 0.2) is 22.2 Å². The highest BCUT2D eigenvalue weighted by Gasteiger charge is 2.17. The quantitative estimate of drug-likeness (QED) is 0.534. The van der Waals surface area contributed by atoms with Crippen molar-refractivity contribution in [1.82, 2.24) is 0 Å². The summed E-state index contributed by atoms with van der Waals surface area (Å²) in [6, 6.07) is 10.4. The zero-order chi connectivity index (χ0) is 17.9. The molecule has 0 aliphatic heterocycles. The van der Waals surface area contributed by atoms with Gasteiger partial charge in [0.25, 0.3) is 0 Å². The summed E-state index contributed by atoms with van der Waals surface area (Å²) >= 11 is 9.08. The normalized spacial score (nSPS) is 11.1. The molecular formula is C16H12BrClO5S. The van der Waals surface area contributed by atoms with Crippen LogP contribution in [0.25, 0.3) is 0 Å². The Kier molecular flexibility index (Phi) is 5.79. The summed E-state index contributed by atoms with van der Waals surface area (Å²) in [5, 5.41) is 0.0139. The third-order valence-corrected chi connectivity index (χ3v) is 5.17. The molecular weight excluding hydrogens is 420 g/mol. The molecule has 0 saturated heterocycles. The molecule has 2 rings (SSSR count). The molecule has 0 N–H and O–H groups in total. The van der Waals surface area contributed by atoms with Gasteiger partial charge in [-0.25, -0.2) is 13.2 Å². The van der Waals surface area contributed by atoms with E-state index in [4.69, 9.17) is 16.3 Å². The number of benzene rings is 2. The minimum atomic E-state index is -3.58. The number of halogens is 2. The smallest absolute Gasteiger partial charge is 0.338 e. The summed E-state index contributed by atoms with van der Waals surface area (Å²) in [5.41, 5.74) is 0.405. The van der Waals surface area contributed by atoms with Crippen LogP contribution in [-0.4, -0.2) is 33.0 Å². The lowest BCUT2D eigenvalue weighted by Crippen LogP contribution is -2.14. The lowest BCUT2D eigenvalue weighted by molar-refractivity contribution is 0.0474. The first-order valence-corrected chi connectivity index (χ1v) is 9.70. The van der Waals surface area contributed by atoms with Gasteiger partial charge in [-0.15, -0.1) is 0 Å². The summed E-state index contributed by atoms with van der Waals surface area (Å²) < 4.78 is 29.0. The van der Waals surface area contributed by atoms with Crippen LogP contribution in [0.3, 0.4) is 0 Å². The van der Waals surface area contributed by atoms with Crippen molar-refractivity contribution in [2.75, 3.05) is 12.9 Å². The van der Waals surface area contributed by atoms with Gasteiger partial charge in [-0.05, 0) is 30.3 Å². The minimum Gasteiger partial charge on any atom is -0.454 e. The Morgan fingerprint density at radius 1 is 1.08 bits per heavy atom. The number of ether oxygens (including phenoxy) is 1. The van der Waals surface area contributed by atoms with Gasteiger partial charge in [0.2, 0.25) is 0 Å². The fourth-order valence-corrected chi connectivity index (χ4v) is 3.41. The number of sulfone groups is 1. The Bertz CT molecular complexity index is 891. The number of carbonyl (C=O) groups excluding carboxylic acids is 2. The molecule has 5 nitrogen and oxygen atoms in total. The van der Waals surface area contributed by atoms with E-state index in [0.717, 1.165) is 16.8 Å². The second-order valence-corrected chi connectivity index (χ2v) is 8.23. The van der Waals surface area contributed by atoms with Crippen LogP contribution in [0.4, 0.5) is 0 Å². The molecule has 0 saturated carbocycles. The minimum absolute atomic E-state index is 0.00318. The van der Waals surface area contributed by atoms with Crippen molar-refractivity contribution in [1.29, 1.82) is 0 Å². The number of Topliss-reactive ketones (excluding diaryl/α,β-unsaturated/α-hetero) is 1. The highest BCUT2D eigenvalue weighted by Crippen LogP contribution is 2.23. The first-order valence-electron chi connectivity index (χ1n) is 6.64. The first-order chi connectivity index (χ1) is 11.2. The van der Waals surface area contributed by atoms with Gasteiger partial charge in [-0.3, -0.25) is 4.79 Å². The molecule has 0 atom stereocenters. The van der Waals surface area contributed by atoms with Crippen molar-refractivity contribution in [3.05, 3.63) is 63.1 Å². The highest BCUT2D eigenvalue weighted by molar-refractivity contribution is 9.10. The number of rotatable bonds is 5. The van der Waals surface area contributed by atoms with Crippen molar-refractivity contribution >= 4 is 49.1 Å². The van der Waals surface area contributed by atoms with E-state index in [1.165, 1.54) is 12.1 Å². The van der Waals surface area contributed by atoms with Crippen LogP contribution < -0.4 is 0 Å². The maximum absolute atomic E-state index is 12.0. The monoisotopic (exact) mass is 430 g/mol. The second kappa shape index (κ2) is 7.46. The average molecular weight is 432 g/mol. The zero-order valence-electron chi connectivity index (χ0n) is 12.5. The maximum Gasteiger partial charge on any atom is 0.338 e. The van der Waals surface area contributed by atoms with Crippen molar-refractivity contribution in [3.63, 3.8) is 0 Å². The first kappa shape index (κ1) is 18.6. The van der Waals surface area contributed by atoms with Gasteiger partial charge in [0.1, 0.15) is 0 Å². The van der Waals surface area contributed by atoms with Gasteiger partial charge in [-0.1, -0.05) is 39.7 Å². The fourth-order valence-electron chi connectivity index (χ4n) is 1.85. The molecule has 2 aromatic rings. The van der Waals surface area contributed by atoms with Gasteiger partial charge >= 0.3 is 5.97 Å². The molecule has 24 heavy (non-hydrogen) atoms. The number of hydrogen-bond acceptors (Lipinski definition) is 5. The topological polar surface area (TPSA) is 77.5 Å². The van der Waals surface area contributed by atoms with E-state index < -0.39 is 22.4 Å². The van der Waals surface area contributed by atoms with Crippen molar-refractivity contribution in [2.45, 2.75) is 4.90 Å². The zero-order valence-corrected chi connectivity index (χ0v) is 15.6. The molecule has 0 spiro atoms. The van der Waals surface area contributed by atoms with Crippen LogP contribution in [-0.2, 0) is 14.6 Å². The predicted octanol–water partition coefficient (Wildman–Crippen LogP) is 3.55. The van der Waals surface area contributed by atoms with Crippen molar-refractivity contribution in [3.8, 4) is 0 Å². The summed E-state index contributed by atoms with van der Waals surface area (Å²) in [5.74, 6) is -1.17. The molecule has 0 aromatic heterocycles. The number of carbonyl (C=O) groups is 2. The van der Waals surface area contributed by atoms with Crippen LogP contribution in [0.1, 0.15) is 20.7 Å². The van der Waals surface area contributed by atoms with Gasteiger partial charge in [0.05, 0.1) is 15.5 Å². The van der Waals surface area contributed by atoms with E-state index in [1.807, 2.05) is 0 Å². The van der Waals surface area contributed by atoms with Crippen LogP contribution in [0.2, 0.25) is 5.02 Å². The molecule has 0 amide bonds. The Hall–Kier alpha value is -1.70. The molecule has 0 heterocycles. The lowest BCUT2D eigenvalue weighted by Gasteiger charge is -2.07. The Morgan fingerprint density at radius 2 is 1.67 bits per heavy atom. The van der Waals surface area contributed by atoms with Crippen LogP contribution in [0, 0.1) is 0 Å². The largest absolute Gasteiger partial charge is 0.454 e.